The topological polar surface area (TPSA) is 72.3 Å². The lowest BCUT2D eigenvalue weighted by Crippen LogP contribution is -2.42. The Morgan fingerprint density at radius 1 is 1.16 bits per heavy atom. The van der Waals surface area contributed by atoms with Crippen LogP contribution in [-0.4, -0.2) is 53.4 Å². The van der Waals surface area contributed by atoms with Crippen molar-refractivity contribution in [3.8, 4) is 0 Å². The van der Waals surface area contributed by atoms with Crippen molar-refractivity contribution in [1.29, 1.82) is 0 Å². The number of carbonyl (C=O) groups excluding carboxylic acids is 1. The van der Waals surface area contributed by atoms with Gasteiger partial charge in [-0.25, -0.2) is 13.4 Å². The Kier molecular flexibility index (Phi) is 4.60. The summed E-state index contributed by atoms with van der Waals surface area (Å²) in [5.41, 5.74) is 0. The summed E-state index contributed by atoms with van der Waals surface area (Å²) < 4.78 is 25.5. The first kappa shape index (κ1) is 17.1. The number of hydrogen-bond donors (Lipinski definition) is 0. The lowest BCUT2D eigenvalue weighted by atomic mass is 9.85. The average Bonchev–Trinajstić information content (AvgIpc) is 3.16. The maximum Gasteiger partial charge on any atom is 0.226 e. The van der Waals surface area contributed by atoms with Crippen molar-refractivity contribution in [2.45, 2.75) is 51.0 Å². The molecule has 0 bridgehead atoms. The number of carbonyl (C=O) groups is 1. The highest BCUT2D eigenvalue weighted by Gasteiger charge is 2.37. The van der Waals surface area contributed by atoms with E-state index in [-0.39, 0.29) is 23.3 Å². The Morgan fingerprint density at radius 2 is 1.92 bits per heavy atom. The van der Waals surface area contributed by atoms with E-state index >= 15 is 0 Å². The predicted molar refractivity (Wildman–Crippen MR) is 94.9 cm³/mol. The highest BCUT2D eigenvalue weighted by molar-refractivity contribution is 7.91. The molecule has 2 saturated heterocycles. The van der Waals surface area contributed by atoms with Gasteiger partial charge in [-0.05, 0) is 38.0 Å². The molecular weight excluding hydrogens is 338 g/mol. The normalized spacial score (nSPS) is 27.4. The molecule has 3 aliphatic rings. The van der Waals surface area contributed by atoms with Crippen molar-refractivity contribution in [3.05, 3.63) is 18.2 Å². The molecule has 4 rings (SSSR count). The van der Waals surface area contributed by atoms with E-state index in [1.54, 1.807) is 0 Å². The van der Waals surface area contributed by atoms with Crippen LogP contribution in [0.1, 0.15) is 50.3 Å². The van der Waals surface area contributed by atoms with E-state index in [0.29, 0.717) is 12.3 Å². The smallest absolute Gasteiger partial charge is 0.226 e. The van der Waals surface area contributed by atoms with Gasteiger partial charge < -0.3 is 9.47 Å². The van der Waals surface area contributed by atoms with Gasteiger partial charge in [0, 0.05) is 37.9 Å². The third kappa shape index (κ3) is 3.61. The van der Waals surface area contributed by atoms with Gasteiger partial charge in [-0.2, -0.15) is 0 Å². The summed E-state index contributed by atoms with van der Waals surface area (Å²) in [7, 11) is -3.00. The Labute approximate surface area is 149 Å². The summed E-state index contributed by atoms with van der Waals surface area (Å²) in [5.74, 6) is 2.31. The summed E-state index contributed by atoms with van der Waals surface area (Å²) in [6.45, 7) is 2.51. The van der Waals surface area contributed by atoms with Crippen LogP contribution in [0, 0.1) is 11.8 Å². The Bertz CT molecular complexity index is 731. The minimum Gasteiger partial charge on any atom is -0.342 e. The first-order chi connectivity index (χ1) is 12.0. The molecule has 0 spiro atoms. The molecule has 7 heteroatoms. The van der Waals surface area contributed by atoms with E-state index < -0.39 is 9.84 Å². The minimum atomic E-state index is -3.00. The molecule has 3 heterocycles. The number of imidazole rings is 1. The zero-order valence-electron chi connectivity index (χ0n) is 14.6. The number of hydrogen-bond acceptors (Lipinski definition) is 4. The molecule has 1 aromatic heterocycles. The molecule has 0 unspecified atom stereocenters. The molecule has 6 nitrogen and oxygen atoms in total. The van der Waals surface area contributed by atoms with Gasteiger partial charge >= 0.3 is 0 Å². The zero-order chi connectivity index (χ0) is 17.4. The van der Waals surface area contributed by atoms with Crippen molar-refractivity contribution in [1.82, 2.24) is 14.5 Å². The molecule has 25 heavy (non-hydrogen) atoms. The predicted octanol–water partition coefficient (Wildman–Crippen LogP) is 1.82. The average molecular weight is 365 g/mol. The van der Waals surface area contributed by atoms with Gasteiger partial charge in [0.25, 0.3) is 0 Å². The van der Waals surface area contributed by atoms with Crippen LogP contribution in [-0.2, 0) is 21.2 Å². The summed E-state index contributed by atoms with van der Waals surface area (Å²) in [5, 5.41) is 0. The third-order valence-corrected chi connectivity index (χ3v) is 7.95. The van der Waals surface area contributed by atoms with Crippen molar-refractivity contribution >= 4 is 15.7 Å². The van der Waals surface area contributed by atoms with Gasteiger partial charge in [0.05, 0.1) is 17.4 Å². The van der Waals surface area contributed by atoms with Crippen LogP contribution in [0.2, 0.25) is 0 Å². The molecule has 1 aromatic rings. The lowest BCUT2D eigenvalue weighted by molar-refractivity contribution is -0.135. The fraction of sp³-hybridized carbons (Fsp3) is 0.778. The highest BCUT2D eigenvalue weighted by Crippen LogP contribution is 2.32. The van der Waals surface area contributed by atoms with Gasteiger partial charge in [-0.15, -0.1) is 0 Å². The lowest BCUT2D eigenvalue weighted by Gasteiger charge is -2.34. The van der Waals surface area contributed by atoms with Gasteiger partial charge in [-0.3, -0.25) is 4.79 Å². The monoisotopic (exact) mass is 365 g/mol. The quantitative estimate of drug-likeness (QED) is 0.816. The number of piperidine rings is 1. The molecule has 1 atom stereocenters. The van der Waals surface area contributed by atoms with E-state index in [4.69, 9.17) is 0 Å². The first-order valence-electron chi connectivity index (χ1n) is 9.52. The second kappa shape index (κ2) is 6.74. The van der Waals surface area contributed by atoms with E-state index in [9.17, 15) is 13.2 Å². The summed E-state index contributed by atoms with van der Waals surface area (Å²) >= 11 is 0. The minimum absolute atomic E-state index is 0.0392. The van der Waals surface area contributed by atoms with E-state index in [1.807, 2.05) is 11.1 Å². The van der Waals surface area contributed by atoms with Crippen LogP contribution in [0.15, 0.2) is 12.4 Å². The second-order valence-electron chi connectivity index (χ2n) is 7.93. The maximum atomic E-state index is 12.6. The molecule has 0 N–H and O–H groups in total. The van der Waals surface area contributed by atoms with Crippen LogP contribution in [0.3, 0.4) is 0 Å². The largest absolute Gasteiger partial charge is 0.342 e. The highest BCUT2D eigenvalue weighted by atomic mass is 32.2. The molecule has 1 amide bonds. The van der Waals surface area contributed by atoms with Crippen LogP contribution in [0.4, 0.5) is 0 Å². The van der Waals surface area contributed by atoms with Gasteiger partial charge in [0.2, 0.25) is 5.91 Å². The number of likely N-dealkylation sites (tertiary alicyclic amines) is 1. The molecule has 1 aliphatic carbocycles. The summed E-state index contributed by atoms with van der Waals surface area (Å²) in [4.78, 5) is 19.1. The molecule has 0 radical (unpaired) electrons. The van der Waals surface area contributed by atoms with Crippen LogP contribution in [0.25, 0.3) is 0 Å². The van der Waals surface area contributed by atoms with Crippen molar-refractivity contribution in [2.24, 2.45) is 11.8 Å². The van der Waals surface area contributed by atoms with Crippen LogP contribution < -0.4 is 0 Å². The molecular formula is C18H27N3O3S. The maximum absolute atomic E-state index is 12.6. The van der Waals surface area contributed by atoms with Crippen molar-refractivity contribution in [3.63, 3.8) is 0 Å². The van der Waals surface area contributed by atoms with Crippen LogP contribution in [0.5, 0.6) is 0 Å². The molecule has 0 aromatic carbocycles. The standard InChI is InChI=1S/C18H27N3O3S/c22-18(16-6-11-25(23,24)13-16)20-8-4-15(5-9-20)17-19-7-10-21(17)12-14-2-1-3-14/h7,10,14-16H,1-6,8-9,11-13H2/t16-/m0/s1. The van der Waals surface area contributed by atoms with E-state index in [0.717, 1.165) is 38.4 Å². The van der Waals surface area contributed by atoms with E-state index in [1.165, 1.54) is 25.1 Å². The Hall–Kier alpha value is -1.37. The molecule has 2 aliphatic heterocycles. The Balaban J connectivity index is 1.34. The fourth-order valence-electron chi connectivity index (χ4n) is 4.39. The zero-order valence-corrected chi connectivity index (χ0v) is 15.5. The number of rotatable bonds is 4. The third-order valence-electron chi connectivity index (χ3n) is 6.18. The summed E-state index contributed by atoms with van der Waals surface area (Å²) in [6.07, 6.45) is 10.3. The van der Waals surface area contributed by atoms with Crippen molar-refractivity contribution in [2.75, 3.05) is 24.6 Å². The van der Waals surface area contributed by atoms with E-state index in [2.05, 4.69) is 15.7 Å². The molecule has 3 fully saturated rings. The Morgan fingerprint density at radius 3 is 2.52 bits per heavy atom. The van der Waals surface area contributed by atoms with Gasteiger partial charge in [0.15, 0.2) is 9.84 Å². The SMILES string of the molecule is O=C([C@H]1CCS(=O)(=O)C1)N1CCC(c2nccn2CC2CCC2)CC1. The van der Waals surface area contributed by atoms with Crippen LogP contribution >= 0.6 is 0 Å². The summed E-state index contributed by atoms with van der Waals surface area (Å²) in [6, 6.07) is 0. The number of aromatic nitrogens is 2. The second-order valence-corrected chi connectivity index (χ2v) is 10.2. The number of amides is 1. The van der Waals surface area contributed by atoms with Gasteiger partial charge in [-0.1, -0.05) is 6.42 Å². The van der Waals surface area contributed by atoms with Gasteiger partial charge in [0.1, 0.15) is 5.82 Å². The molecule has 138 valence electrons. The number of nitrogens with zero attached hydrogens (tertiary/aromatic N) is 3. The van der Waals surface area contributed by atoms with Crippen molar-refractivity contribution < 1.29 is 13.2 Å². The molecule has 1 saturated carbocycles. The first-order valence-corrected chi connectivity index (χ1v) is 11.3. The number of sulfone groups is 1. The fourth-order valence-corrected chi connectivity index (χ4v) is 6.13.